The summed E-state index contributed by atoms with van der Waals surface area (Å²) in [5.41, 5.74) is 0. The van der Waals surface area contributed by atoms with Crippen molar-refractivity contribution in [3.8, 4) is 17.2 Å². The standard InChI is InChI=1S/C30H24F12I3NO6.HI.K/c31-13-19(37)28(20(38)14(32)25(13)43)50-10-7-47-4-1-46(2-5-48-8-11-51-29-21(39)15(33)26(44)16(34)22(29)40)3-6-49-9-12-52-30-23(41)17(35)27(45)18(36)24(30)42;;/h1-12H2;1H;/q;;+1/p-1. The van der Waals surface area contributed by atoms with Crippen LogP contribution in [0.1, 0.15) is 0 Å². The van der Waals surface area contributed by atoms with Crippen LogP contribution < -0.4 is 89.6 Å². The van der Waals surface area contributed by atoms with Gasteiger partial charge in [-0.05, 0) is 67.8 Å². The molecule has 0 amide bonds. The third kappa shape index (κ3) is 14.1. The summed E-state index contributed by atoms with van der Waals surface area (Å²) in [5, 5.41) is 0. The maximum Gasteiger partial charge on any atom is 1.00 e. The van der Waals surface area contributed by atoms with E-state index >= 15 is 0 Å². The van der Waals surface area contributed by atoms with Gasteiger partial charge < -0.3 is 52.4 Å². The average molecular weight is 1270 g/mol. The predicted molar refractivity (Wildman–Crippen MR) is 182 cm³/mol. The van der Waals surface area contributed by atoms with Gasteiger partial charge >= 0.3 is 51.4 Å². The Bertz CT molecular complexity index is 1440. The van der Waals surface area contributed by atoms with Gasteiger partial charge in [0.05, 0.1) is 50.4 Å². The van der Waals surface area contributed by atoms with Crippen LogP contribution in [0, 0.1) is 80.5 Å². The zero-order valence-electron chi connectivity index (χ0n) is 27.4. The van der Waals surface area contributed by atoms with Gasteiger partial charge in [0.15, 0.2) is 52.2 Å². The van der Waals surface area contributed by atoms with Crippen molar-refractivity contribution >= 4 is 67.8 Å². The van der Waals surface area contributed by atoms with Crippen LogP contribution in [0.5, 0.6) is 17.2 Å². The third-order valence-electron chi connectivity index (χ3n) is 6.59. The third-order valence-corrected chi connectivity index (χ3v) is 9.43. The molecule has 0 bridgehead atoms. The fourth-order valence-electron chi connectivity index (χ4n) is 3.96. The summed E-state index contributed by atoms with van der Waals surface area (Å²) in [4.78, 5) is 1.68. The smallest absolute Gasteiger partial charge is 1.00 e. The second-order valence-electron chi connectivity index (χ2n) is 9.92. The molecular weight excluding hydrogens is 1250 g/mol. The molecule has 54 heavy (non-hydrogen) atoms. The SMILES string of the molecule is Fc1c(F)c(OCCOCCN(CCOCCOc2c(F)c(F)c(I)c(F)c2F)CCOCCOc2c(F)c(F)c(I)c(F)c2F)c(F)c(F)c1I.[I-].[K+]. The first kappa shape index (κ1) is 52.6. The van der Waals surface area contributed by atoms with Crippen molar-refractivity contribution < 1.29 is 156 Å². The van der Waals surface area contributed by atoms with Gasteiger partial charge in [-0.15, -0.1) is 0 Å². The van der Waals surface area contributed by atoms with Crippen LogP contribution in [0.15, 0.2) is 0 Å². The molecule has 0 saturated heterocycles. The fraction of sp³-hybridized carbons (Fsp3) is 0.400. The van der Waals surface area contributed by atoms with Crippen LogP contribution in [-0.4, -0.2) is 84.0 Å². The van der Waals surface area contributed by atoms with Crippen LogP contribution >= 0.6 is 67.8 Å². The molecule has 0 heterocycles. The Kier molecular flexibility index (Phi) is 25.3. The first-order valence-electron chi connectivity index (χ1n) is 14.5. The van der Waals surface area contributed by atoms with Crippen molar-refractivity contribution in [2.24, 2.45) is 0 Å². The number of ether oxygens (including phenoxy) is 6. The summed E-state index contributed by atoms with van der Waals surface area (Å²) in [6, 6.07) is 0. The summed E-state index contributed by atoms with van der Waals surface area (Å²) in [6.07, 6.45) is 0. The van der Waals surface area contributed by atoms with Crippen LogP contribution in [0.3, 0.4) is 0 Å². The molecule has 3 rings (SSSR count). The Hall–Kier alpha value is 0.616. The molecule has 0 saturated carbocycles. The van der Waals surface area contributed by atoms with Crippen LogP contribution in [0.2, 0.25) is 0 Å². The van der Waals surface area contributed by atoms with Gasteiger partial charge in [0, 0.05) is 19.6 Å². The largest absolute Gasteiger partial charge is 1.00 e. The monoisotopic (exact) mass is 1270 g/mol. The fourth-order valence-corrected chi connectivity index (χ4v) is 5.39. The Morgan fingerprint density at radius 3 is 0.741 bits per heavy atom. The molecule has 298 valence electrons. The van der Waals surface area contributed by atoms with Crippen LogP contribution in [0.25, 0.3) is 0 Å². The molecule has 0 aliphatic heterocycles. The van der Waals surface area contributed by atoms with E-state index in [2.05, 4.69) is 0 Å². The summed E-state index contributed by atoms with van der Waals surface area (Å²) >= 11 is 3.29. The van der Waals surface area contributed by atoms with Gasteiger partial charge in [-0.2, -0.15) is 26.3 Å². The van der Waals surface area contributed by atoms with Crippen molar-refractivity contribution in [2.75, 3.05) is 79.1 Å². The quantitative estimate of drug-likeness (QED) is 0.0405. The zero-order chi connectivity index (χ0) is 38.7. The van der Waals surface area contributed by atoms with Crippen molar-refractivity contribution in [1.82, 2.24) is 4.90 Å². The molecule has 7 nitrogen and oxygen atoms in total. The van der Waals surface area contributed by atoms with Crippen molar-refractivity contribution in [2.45, 2.75) is 0 Å². The minimum atomic E-state index is -1.72. The normalized spacial score (nSPS) is 11.1. The summed E-state index contributed by atoms with van der Waals surface area (Å²) < 4.78 is 194. The number of benzene rings is 3. The number of rotatable bonds is 21. The molecule has 24 heteroatoms. The molecule has 0 atom stereocenters. The second kappa shape index (κ2) is 26.0. The van der Waals surface area contributed by atoms with Crippen molar-refractivity contribution in [3.05, 3.63) is 80.5 Å². The Morgan fingerprint density at radius 1 is 0.333 bits per heavy atom. The van der Waals surface area contributed by atoms with Gasteiger partial charge in [-0.25, -0.2) is 26.3 Å². The molecule has 0 aliphatic rings. The molecule has 0 aliphatic carbocycles. The van der Waals surface area contributed by atoms with Crippen LogP contribution in [-0.2, 0) is 14.2 Å². The average Bonchev–Trinajstić information content (AvgIpc) is 3.13. The van der Waals surface area contributed by atoms with E-state index in [-0.39, 0.29) is 135 Å². The first-order chi connectivity index (χ1) is 24.6. The summed E-state index contributed by atoms with van der Waals surface area (Å²) in [6.45, 7) is -2.00. The molecule has 0 radical (unpaired) electrons. The summed E-state index contributed by atoms with van der Waals surface area (Å²) in [5.74, 6) is -23.8. The van der Waals surface area contributed by atoms with Crippen molar-refractivity contribution in [3.63, 3.8) is 0 Å². The minimum Gasteiger partial charge on any atom is -1.00 e. The minimum absolute atomic E-state index is 0. The maximum absolute atomic E-state index is 14.0. The predicted octanol–water partition coefficient (Wildman–Crippen LogP) is 2.07. The zero-order valence-corrected chi connectivity index (χ0v) is 39.2. The van der Waals surface area contributed by atoms with Gasteiger partial charge in [-0.1, -0.05) is 0 Å². The molecule has 0 fully saturated rings. The van der Waals surface area contributed by atoms with E-state index in [0.717, 1.165) is 67.8 Å². The molecule has 0 aromatic heterocycles. The molecule has 0 unspecified atom stereocenters. The summed E-state index contributed by atoms with van der Waals surface area (Å²) in [7, 11) is 0. The van der Waals surface area contributed by atoms with E-state index < -0.39 is 118 Å². The van der Waals surface area contributed by atoms with Crippen LogP contribution in [0.4, 0.5) is 52.7 Å². The number of hydrogen-bond acceptors (Lipinski definition) is 7. The maximum atomic E-state index is 14.0. The van der Waals surface area contributed by atoms with E-state index in [9.17, 15) is 52.7 Å². The Balaban J connectivity index is 0.00000729. The number of nitrogens with zero attached hydrogens (tertiary/aromatic N) is 1. The van der Waals surface area contributed by atoms with Gasteiger partial charge in [0.1, 0.15) is 19.8 Å². The van der Waals surface area contributed by atoms with E-state index in [0.29, 0.717) is 0 Å². The van der Waals surface area contributed by atoms with E-state index in [1.165, 1.54) is 0 Å². The topological polar surface area (TPSA) is 58.6 Å². The molecule has 0 spiro atoms. The Labute approximate surface area is 400 Å². The number of hydrogen-bond donors (Lipinski definition) is 0. The second-order valence-corrected chi connectivity index (χ2v) is 13.2. The molecular formula is C30H24F12I4KNO6. The first-order valence-corrected chi connectivity index (χ1v) is 17.7. The molecule has 0 N–H and O–H groups in total. The molecule has 3 aromatic rings. The molecule has 3 aromatic carbocycles. The van der Waals surface area contributed by atoms with Gasteiger partial charge in [-0.3, -0.25) is 4.90 Å². The van der Waals surface area contributed by atoms with Crippen molar-refractivity contribution in [1.29, 1.82) is 0 Å². The van der Waals surface area contributed by atoms with Gasteiger partial charge in [0.2, 0.25) is 34.9 Å². The van der Waals surface area contributed by atoms with E-state index in [1.54, 1.807) is 4.90 Å². The van der Waals surface area contributed by atoms with E-state index in [1.807, 2.05) is 0 Å². The number of halogens is 16. The van der Waals surface area contributed by atoms with E-state index in [4.69, 9.17) is 28.4 Å². The van der Waals surface area contributed by atoms with Gasteiger partial charge in [0.25, 0.3) is 0 Å². The Morgan fingerprint density at radius 2 is 0.537 bits per heavy atom.